The highest BCUT2D eigenvalue weighted by Gasteiger charge is 2.21. The molecule has 126 valence electrons. The average Bonchev–Trinajstić information content (AvgIpc) is 2.55. The van der Waals surface area contributed by atoms with Gasteiger partial charge in [0, 0.05) is 13.3 Å². The maximum atomic E-state index is 12.0. The van der Waals surface area contributed by atoms with Crippen LogP contribution in [0.3, 0.4) is 0 Å². The normalized spacial score (nSPS) is 11.4. The molecule has 1 unspecified atom stereocenters. The third-order valence-electron chi connectivity index (χ3n) is 3.27. The third-order valence-corrected chi connectivity index (χ3v) is 3.27. The number of amides is 1. The number of rotatable bonds is 7. The number of hydrogen-bond acceptors (Lipinski definition) is 4. The van der Waals surface area contributed by atoms with Gasteiger partial charge < -0.3 is 14.8 Å². The second-order valence-electron chi connectivity index (χ2n) is 5.27. The van der Waals surface area contributed by atoms with E-state index in [0.29, 0.717) is 12.2 Å². The number of benzene rings is 2. The second kappa shape index (κ2) is 8.72. The van der Waals surface area contributed by atoms with E-state index in [1.165, 1.54) is 6.92 Å². The van der Waals surface area contributed by atoms with Gasteiger partial charge in [0.05, 0.1) is 6.61 Å². The van der Waals surface area contributed by atoms with Gasteiger partial charge in [-0.3, -0.25) is 4.79 Å². The zero-order valence-electron chi connectivity index (χ0n) is 13.8. The van der Waals surface area contributed by atoms with Crippen molar-refractivity contribution in [1.29, 1.82) is 0 Å². The number of carbonyl (C=O) groups excluding carboxylic acids is 2. The molecule has 2 aromatic rings. The first kappa shape index (κ1) is 17.5. The van der Waals surface area contributed by atoms with Gasteiger partial charge in [-0.25, -0.2) is 4.79 Å². The summed E-state index contributed by atoms with van der Waals surface area (Å²) >= 11 is 0. The molecule has 0 saturated carbocycles. The largest absolute Gasteiger partial charge is 0.464 e. The van der Waals surface area contributed by atoms with Crippen molar-refractivity contribution in [2.45, 2.75) is 26.3 Å². The zero-order valence-corrected chi connectivity index (χ0v) is 13.8. The molecule has 2 aromatic carbocycles. The van der Waals surface area contributed by atoms with Crippen LogP contribution < -0.4 is 10.1 Å². The molecule has 5 heteroatoms. The van der Waals surface area contributed by atoms with Crippen molar-refractivity contribution in [1.82, 2.24) is 5.32 Å². The summed E-state index contributed by atoms with van der Waals surface area (Å²) in [7, 11) is 0. The van der Waals surface area contributed by atoms with E-state index in [1.54, 1.807) is 6.92 Å². The molecular weight excluding hydrogens is 306 g/mol. The van der Waals surface area contributed by atoms with Crippen molar-refractivity contribution in [3.8, 4) is 11.5 Å². The summed E-state index contributed by atoms with van der Waals surface area (Å²) in [6.45, 7) is 3.38. The number of hydrogen-bond donors (Lipinski definition) is 1. The van der Waals surface area contributed by atoms with Crippen molar-refractivity contribution >= 4 is 11.9 Å². The summed E-state index contributed by atoms with van der Waals surface area (Å²) in [6.07, 6.45) is 0.338. The monoisotopic (exact) mass is 327 g/mol. The lowest BCUT2D eigenvalue weighted by molar-refractivity contribution is -0.147. The van der Waals surface area contributed by atoms with Gasteiger partial charge in [-0.1, -0.05) is 30.3 Å². The minimum Gasteiger partial charge on any atom is -0.464 e. The number of esters is 1. The van der Waals surface area contributed by atoms with E-state index in [4.69, 9.17) is 9.47 Å². The number of nitrogens with one attached hydrogen (secondary N) is 1. The maximum Gasteiger partial charge on any atom is 0.328 e. The van der Waals surface area contributed by atoms with Crippen LogP contribution in [0, 0.1) is 0 Å². The Balaban J connectivity index is 2.10. The predicted octanol–water partition coefficient (Wildman–Crippen LogP) is 3.09. The molecular formula is C19H21NO4. The maximum absolute atomic E-state index is 12.0. The van der Waals surface area contributed by atoms with Crippen LogP contribution in [0.15, 0.2) is 54.6 Å². The zero-order chi connectivity index (χ0) is 17.4. The molecule has 5 nitrogen and oxygen atoms in total. The van der Waals surface area contributed by atoms with Crippen LogP contribution in [0.25, 0.3) is 0 Å². The van der Waals surface area contributed by atoms with Crippen molar-refractivity contribution in [2.75, 3.05) is 6.61 Å². The van der Waals surface area contributed by atoms with E-state index in [2.05, 4.69) is 5.32 Å². The van der Waals surface area contributed by atoms with Crippen LogP contribution in [-0.4, -0.2) is 24.5 Å². The number of para-hydroxylation sites is 1. The Morgan fingerprint density at radius 2 is 1.75 bits per heavy atom. The first-order chi connectivity index (χ1) is 11.6. The molecule has 0 spiro atoms. The van der Waals surface area contributed by atoms with Crippen LogP contribution in [-0.2, 0) is 20.7 Å². The molecule has 0 radical (unpaired) electrons. The minimum atomic E-state index is -0.713. The Bertz CT molecular complexity index is 685. The molecule has 0 aromatic heterocycles. The van der Waals surface area contributed by atoms with Crippen molar-refractivity contribution < 1.29 is 19.1 Å². The Labute approximate surface area is 141 Å². The summed E-state index contributed by atoms with van der Waals surface area (Å²) in [6, 6.07) is 16.1. The molecule has 0 aliphatic heterocycles. The fourth-order valence-electron chi connectivity index (χ4n) is 2.28. The molecule has 0 aliphatic rings. The van der Waals surface area contributed by atoms with E-state index < -0.39 is 12.0 Å². The Kier molecular flexibility index (Phi) is 6.37. The SMILES string of the molecule is CCOC(=O)C(Cc1cccc(Oc2ccccc2)c1)NC(C)=O. The second-order valence-corrected chi connectivity index (χ2v) is 5.27. The van der Waals surface area contributed by atoms with Crippen LogP contribution in [0.1, 0.15) is 19.4 Å². The number of ether oxygens (including phenoxy) is 2. The molecule has 0 heterocycles. The van der Waals surface area contributed by atoms with Gasteiger partial charge >= 0.3 is 5.97 Å². The first-order valence-corrected chi connectivity index (χ1v) is 7.84. The predicted molar refractivity (Wildman–Crippen MR) is 90.9 cm³/mol. The molecule has 1 amide bonds. The highest BCUT2D eigenvalue weighted by Crippen LogP contribution is 2.22. The molecule has 0 fully saturated rings. The molecule has 0 saturated heterocycles. The van der Waals surface area contributed by atoms with Gasteiger partial charge in [-0.05, 0) is 36.8 Å². The smallest absolute Gasteiger partial charge is 0.328 e. The van der Waals surface area contributed by atoms with Gasteiger partial charge in [-0.2, -0.15) is 0 Å². The molecule has 24 heavy (non-hydrogen) atoms. The number of carbonyl (C=O) groups is 2. The summed E-state index contributed by atoms with van der Waals surface area (Å²) < 4.78 is 10.8. The van der Waals surface area contributed by atoms with Gasteiger partial charge in [-0.15, -0.1) is 0 Å². The first-order valence-electron chi connectivity index (χ1n) is 7.84. The van der Waals surface area contributed by atoms with Gasteiger partial charge in [0.15, 0.2) is 0 Å². The van der Waals surface area contributed by atoms with Crippen LogP contribution in [0.4, 0.5) is 0 Å². The van der Waals surface area contributed by atoms with Crippen molar-refractivity contribution in [3.05, 3.63) is 60.2 Å². The summed E-state index contributed by atoms with van der Waals surface area (Å²) in [4.78, 5) is 23.3. The molecule has 1 N–H and O–H groups in total. The Hall–Kier alpha value is -2.82. The van der Waals surface area contributed by atoms with E-state index in [0.717, 1.165) is 11.3 Å². The third kappa shape index (κ3) is 5.43. The molecule has 1 atom stereocenters. The molecule has 0 bridgehead atoms. The summed E-state index contributed by atoms with van der Waals surface area (Å²) in [5.74, 6) is 0.689. The highest BCUT2D eigenvalue weighted by molar-refractivity contribution is 5.83. The highest BCUT2D eigenvalue weighted by atomic mass is 16.5. The Morgan fingerprint density at radius 3 is 2.42 bits per heavy atom. The lowest BCUT2D eigenvalue weighted by Crippen LogP contribution is -2.42. The molecule has 2 rings (SSSR count). The Morgan fingerprint density at radius 1 is 1.04 bits per heavy atom. The standard InChI is InChI=1S/C19H21NO4/c1-3-23-19(22)18(20-14(2)21)13-15-8-7-11-17(12-15)24-16-9-5-4-6-10-16/h4-12,18H,3,13H2,1-2H3,(H,20,21). The lowest BCUT2D eigenvalue weighted by atomic mass is 10.1. The van der Waals surface area contributed by atoms with Crippen molar-refractivity contribution in [2.24, 2.45) is 0 Å². The van der Waals surface area contributed by atoms with E-state index in [-0.39, 0.29) is 12.5 Å². The summed E-state index contributed by atoms with van der Waals surface area (Å²) in [5.41, 5.74) is 0.871. The minimum absolute atomic E-state index is 0.270. The van der Waals surface area contributed by atoms with Gasteiger partial charge in [0.25, 0.3) is 0 Å². The average molecular weight is 327 g/mol. The van der Waals surface area contributed by atoms with Crippen molar-refractivity contribution in [3.63, 3.8) is 0 Å². The fourth-order valence-corrected chi connectivity index (χ4v) is 2.28. The quantitative estimate of drug-likeness (QED) is 0.794. The molecule has 0 aliphatic carbocycles. The van der Waals surface area contributed by atoms with Crippen LogP contribution >= 0.6 is 0 Å². The van der Waals surface area contributed by atoms with E-state index in [1.807, 2.05) is 54.6 Å². The fraction of sp³-hybridized carbons (Fsp3) is 0.263. The topological polar surface area (TPSA) is 64.6 Å². The van der Waals surface area contributed by atoms with E-state index >= 15 is 0 Å². The van der Waals surface area contributed by atoms with Gasteiger partial charge in [0.2, 0.25) is 5.91 Å². The van der Waals surface area contributed by atoms with Crippen LogP contribution in [0.2, 0.25) is 0 Å². The van der Waals surface area contributed by atoms with Crippen LogP contribution in [0.5, 0.6) is 11.5 Å². The van der Waals surface area contributed by atoms with Gasteiger partial charge in [0.1, 0.15) is 17.5 Å². The lowest BCUT2D eigenvalue weighted by Gasteiger charge is -2.17. The van der Waals surface area contributed by atoms with E-state index in [9.17, 15) is 9.59 Å². The summed E-state index contributed by atoms with van der Waals surface area (Å²) in [5, 5.41) is 2.63.